The number of aromatic nitrogens is 2. The van der Waals surface area contributed by atoms with Gasteiger partial charge in [-0.3, -0.25) is 0 Å². The molecule has 0 spiro atoms. The number of nitrogens with zero attached hydrogens (tertiary/aromatic N) is 4. The summed E-state index contributed by atoms with van der Waals surface area (Å²) in [7, 11) is -8.18. The van der Waals surface area contributed by atoms with Crippen molar-refractivity contribution in [3.05, 3.63) is 77.4 Å². The van der Waals surface area contributed by atoms with E-state index in [-0.39, 0.29) is 0 Å². The molecule has 0 aliphatic carbocycles. The van der Waals surface area contributed by atoms with Crippen molar-refractivity contribution in [1.29, 1.82) is 0 Å². The summed E-state index contributed by atoms with van der Waals surface area (Å²) >= 11 is 0. The number of amidine groups is 1. The summed E-state index contributed by atoms with van der Waals surface area (Å²) in [6.45, 7) is 4.10. The van der Waals surface area contributed by atoms with Crippen molar-refractivity contribution in [2.45, 2.75) is 37.3 Å². The number of ether oxygens (including phenoxy) is 1. The monoisotopic (exact) mass is 540 g/mol. The second-order valence-corrected chi connectivity index (χ2v) is 11.7. The zero-order valence-electron chi connectivity index (χ0n) is 20.3. The zero-order chi connectivity index (χ0) is 26.7. The molecule has 2 aliphatic rings. The third-order valence-corrected chi connectivity index (χ3v) is 7.73. The molecular weight excluding hydrogens is 515 g/mol. The predicted molar refractivity (Wildman–Crippen MR) is 132 cm³/mol. The lowest BCUT2D eigenvalue weighted by atomic mass is 9.95. The van der Waals surface area contributed by atoms with Crippen molar-refractivity contribution < 1.29 is 29.0 Å². The molecular formula is C25H25F5N4O2S. The minimum Gasteiger partial charge on any atom is -0.495 e. The van der Waals surface area contributed by atoms with Gasteiger partial charge < -0.3 is 19.0 Å². The number of imidazole rings is 1. The van der Waals surface area contributed by atoms with Gasteiger partial charge in [0.2, 0.25) is 5.72 Å². The van der Waals surface area contributed by atoms with E-state index in [4.69, 9.17) is 9.57 Å². The molecule has 1 fully saturated rings. The summed E-state index contributed by atoms with van der Waals surface area (Å²) in [5, 5.41) is 4.24. The molecule has 1 saturated heterocycles. The molecule has 12 heteroatoms. The molecule has 0 radical (unpaired) electrons. The second-order valence-electron chi connectivity index (χ2n) is 9.26. The van der Waals surface area contributed by atoms with Crippen LogP contribution in [0.15, 0.2) is 70.6 Å². The van der Waals surface area contributed by atoms with Crippen LogP contribution in [0.1, 0.15) is 36.6 Å². The molecule has 1 aromatic heterocycles. The number of benzene rings is 2. The lowest BCUT2D eigenvalue weighted by Gasteiger charge is -2.41. The van der Waals surface area contributed by atoms with Crippen LogP contribution in [0, 0.1) is 6.92 Å². The molecule has 3 heterocycles. The van der Waals surface area contributed by atoms with E-state index in [1.807, 2.05) is 46.9 Å². The Morgan fingerprint density at radius 3 is 2.43 bits per heavy atom. The van der Waals surface area contributed by atoms with Crippen molar-refractivity contribution in [2.75, 3.05) is 13.7 Å². The Kier molecular flexibility index (Phi) is 5.25. The number of oxime groups is 1. The van der Waals surface area contributed by atoms with Crippen LogP contribution in [0.3, 0.4) is 0 Å². The van der Waals surface area contributed by atoms with E-state index < -0.39 is 20.8 Å². The van der Waals surface area contributed by atoms with Crippen molar-refractivity contribution in [3.63, 3.8) is 0 Å². The molecule has 5 rings (SSSR count). The van der Waals surface area contributed by atoms with Crippen LogP contribution >= 0.6 is 10.2 Å². The SMILES string of the molecule is COc1cc(/C=C2\CCCN3C2=NOC3(C)c2ccc(S(F)(F)(F)(F)F)cc2)ccc1-n1cnc(C)c1. The Morgan fingerprint density at radius 1 is 1.08 bits per heavy atom. The lowest BCUT2D eigenvalue weighted by Crippen LogP contribution is -2.46. The van der Waals surface area contributed by atoms with Crippen LogP contribution in [0.2, 0.25) is 0 Å². The molecule has 0 N–H and O–H groups in total. The smallest absolute Gasteiger partial charge is 0.310 e. The van der Waals surface area contributed by atoms with Gasteiger partial charge in [-0.25, -0.2) is 4.98 Å². The van der Waals surface area contributed by atoms with Gasteiger partial charge in [-0.15, -0.1) is 0 Å². The van der Waals surface area contributed by atoms with Crippen LogP contribution in [-0.2, 0) is 10.6 Å². The Labute approximate surface area is 210 Å². The maximum Gasteiger partial charge on any atom is 0.310 e. The van der Waals surface area contributed by atoms with E-state index in [9.17, 15) is 19.4 Å². The number of fused-ring (bicyclic) bond motifs is 1. The van der Waals surface area contributed by atoms with Crippen molar-refractivity contribution in [3.8, 4) is 11.4 Å². The van der Waals surface area contributed by atoms with E-state index in [0.29, 0.717) is 42.2 Å². The van der Waals surface area contributed by atoms with Gasteiger partial charge in [0.15, 0.2) is 5.84 Å². The van der Waals surface area contributed by atoms with Crippen LogP contribution < -0.4 is 4.74 Å². The minimum atomic E-state index is -9.76. The average molecular weight is 541 g/mol. The van der Waals surface area contributed by atoms with Crippen molar-refractivity contribution >= 4 is 22.1 Å². The molecule has 2 aliphatic heterocycles. The fourth-order valence-corrected chi connectivity index (χ4v) is 5.29. The summed E-state index contributed by atoms with van der Waals surface area (Å²) in [5.74, 6) is 1.21. The van der Waals surface area contributed by atoms with E-state index in [1.165, 1.54) is 0 Å². The predicted octanol–water partition coefficient (Wildman–Crippen LogP) is 7.54. The minimum absolute atomic E-state index is 0.291. The first-order chi connectivity index (χ1) is 17.2. The third kappa shape index (κ3) is 4.65. The van der Waals surface area contributed by atoms with Gasteiger partial charge in [0.25, 0.3) is 0 Å². The number of methoxy groups -OCH3 is 1. The first-order valence-corrected chi connectivity index (χ1v) is 13.4. The van der Waals surface area contributed by atoms with E-state index >= 15 is 0 Å². The van der Waals surface area contributed by atoms with E-state index in [0.717, 1.165) is 41.1 Å². The summed E-state index contributed by atoms with van der Waals surface area (Å²) in [4.78, 5) is 9.88. The number of piperidine rings is 1. The van der Waals surface area contributed by atoms with Crippen LogP contribution in [0.5, 0.6) is 5.75 Å². The number of rotatable bonds is 5. The molecule has 198 valence electrons. The number of halogens is 5. The number of hydrogen-bond donors (Lipinski definition) is 0. The summed E-state index contributed by atoms with van der Waals surface area (Å²) in [6, 6.07) is 8.60. The van der Waals surface area contributed by atoms with Crippen molar-refractivity contribution in [2.24, 2.45) is 5.16 Å². The third-order valence-electron chi connectivity index (χ3n) is 6.57. The van der Waals surface area contributed by atoms with Gasteiger partial charge in [-0.1, -0.05) is 42.8 Å². The first-order valence-electron chi connectivity index (χ1n) is 11.5. The maximum absolute atomic E-state index is 13.2. The quantitative estimate of drug-likeness (QED) is 0.314. The van der Waals surface area contributed by atoms with E-state index in [2.05, 4.69) is 10.1 Å². The van der Waals surface area contributed by atoms with Gasteiger partial charge in [0.05, 0.1) is 24.8 Å². The van der Waals surface area contributed by atoms with Gasteiger partial charge >= 0.3 is 10.2 Å². The van der Waals surface area contributed by atoms with Crippen LogP contribution in [0.25, 0.3) is 11.8 Å². The molecule has 1 unspecified atom stereocenters. The van der Waals surface area contributed by atoms with Gasteiger partial charge in [-0.2, -0.15) is 0 Å². The summed E-state index contributed by atoms with van der Waals surface area (Å²) in [6.07, 6.45) is 7.02. The van der Waals surface area contributed by atoms with E-state index in [1.54, 1.807) is 20.4 Å². The highest BCUT2D eigenvalue weighted by Crippen LogP contribution is 3.02. The number of hydrogen-bond acceptors (Lipinski definition) is 5. The summed E-state index contributed by atoms with van der Waals surface area (Å²) in [5.41, 5.74) is 2.52. The maximum atomic E-state index is 13.2. The molecule has 3 aromatic rings. The van der Waals surface area contributed by atoms with Gasteiger partial charge in [0.1, 0.15) is 10.6 Å². The first kappa shape index (κ1) is 25.1. The molecule has 0 amide bonds. The van der Waals surface area contributed by atoms with Crippen LogP contribution in [0.4, 0.5) is 19.4 Å². The fraction of sp³-hybridized carbons (Fsp3) is 0.280. The molecule has 1 atom stereocenters. The Morgan fingerprint density at radius 2 is 1.81 bits per heavy atom. The highest BCUT2D eigenvalue weighted by molar-refractivity contribution is 8.45. The topological polar surface area (TPSA) is 51.9 Å². The molecule has 0 bridgehead atoms. The average Bonchev–Trinajstić information content (AvgIpc) is 3.42. The van der Waals surface area contributed by atoms with Crippen molar-refractivity contribution in [1.82, 2.24) is 14.5 Å². The second kappa shape index (κ2) is 7.73. The molecule has 6 nitrogen and oxygen atoms in total. The zero-order valence-corrected chi connectivity index (χ0v) is 21.1. The highest BCUT2D eigenvalue weighted by Gasteiger charge is 2.65. The van der Waals surface area contributed by atoms with Gasteiger partial charge in [-0.05, 0) is 61.2 Å². The largest absolute Gasteiger partial charge is 0.495 e. The highest BCUT2D eigenvalue weighted by atomic mass is 32.5. The lowest BCUT2D eigenvalue weighted by molar-refractivity contribution is -0.0913. The fourth-order valence-electron chi connectivity index (χ4n) is 4.64. The number of aryl methyl sites for hydroxylation is 1. The Hall–Kier alpha value is -3.54. The van der Waals surface area contributed by atoms with Crippen LogP contribution in [-0.4, -0.2) is 33.9 Å². The Bertz CT molecular complexity index is 1440. The normalized spacial score (nSPS) is 22.6. The molecule has 37 heavy (non-hydrogen) atoms. The standard InChI is InChI=1S/C25H25F5N4O2S/c1-17-15-33(16-31-17)22-11-6-18(14-23(22)35-3)13-19-5-4-12-34-24(19)32-36-25(34,2)20-7-9-21(10-8-20)37(26,27,28,29)30/h6-11,13-16H,4-5,12H2,1-3H3/b19-13+. The summed E-state index contributed by atoms with van der Waals surface area (Å²) < 4.78 is 73.3. The molecule has 2 aromatic carbocycles. The van der Waals surface area contributed by atoms with Gasteiger partial charge in [0, 0.05) is 25.2 Å². The Balaban J connectivity index is 1.43. The molecule has 0 saturated carbocycles.